The summed E-state index contributed by atoms with van der Waals surface area (Å²) in [6, 6.07) is 8.87. The summed E-state index contributed by atoms with van der Waals surface area (Å²) in [6.07, 6.45) is 0.727. The van der Waals surface area contributed by atoms with Crippen LogP contribution in [0.5, 0.6) is 0 Å². The second-order valence-corrected chi connectivity index (χ2v) is 6.81. The molecule has 0 aliphatic rings. The number of halogens is 3. The van der Waals surface area contributed by atoms with Gasteiger partial charge in [-0.1, -0.05) is 40.5 Å². The van der Waals surface area contributed by atoms with E-state index >= 15 is 0 Å². The molecule has 1 heterocycles. The van der Waals surface area contributed by atoms with Crippen molar-refractivity contribution < 1.29 is 4.39 Å². The third kappa shape index (κ3) is 3.78. The van der Waals surface area contributed by atoms with Gasteiger partial charge in [-0.3, -0.25) is 0 Å². The first-order valence-corrected chi connectivity index (χ1v) is 8.02. The van der Waals surface area contributed by atoms with Gasteiger partial charge in [-0.2, -0.15) is 0 Å². The van der Waals surface area contributed by atoms with Crippen molar-refractivity contribution in [2.24, 2.45) is 0 Å². The predicted molar refractivity (Wildman–Crippen MR) is 83.6 cm³/mol. The van der Waals surface area contributed by atoms with E-state index in [0.717, 1.165) is 26.7 Å². The molecule has 1 atom stereocenters. The third-order valence-electron chi connectivity index (χ3n) is 2.83. The fourth-order valence-corrected chi connectivity index (χ4v) is 3.78. The molecular weight excluding hydrogens is 349 g/mol. The van der Waals surface area contributed by atoms with E-state index in [1.54, 1.807) is 6.07 Å². The lowest BCUT2D eigenvalue weighted by Crippen LogP contribution is -2.24. The lowest BCUT2D eigenvalue weighted by Gasteiger charge is -2.19. The first-order valence-electron chi connectivity index (χ1n) is 6.03. The van der Waals surface area contributed by atoms with Crippen molar-refractivity contribution in [2.45, 2.75) is 19.4 Å². The van der Waals surface area contributed by atoms with Crippen molar-refractivity contribution in [3.8, 4) is 0 Å². The van der Waals surface area contributed by atoms with Crippen molar-refractivity contribution in [3.05, 3.63) is 55.4 Å². The van der Waals surface area contributed by atoms with E-state index in [1.807, 2.05) is 25.1 Å². The molecule has 1 nitrogen and oxygen atoms in total. The van der Waals surface area contributed by atoms with Gasteiger partial charge in [0, 0.05) is 27.4 Å². The summed E-state index contributed by atoms with van der Waals surface area (Å²) in [7, 11) is 0. The molecule has 1 N–H and O–H groups in total. The molecule has 0 radical (unpaired) electrons. The molecule has 1 aromatic heterocycles. The van der Waals surface area contributed by atoms with Gasteiger partial charge in [0.05, 0.1) is 4.34 Å². The van der Waals surface area contributed by atoms with Crippen LogP contribution in [-0.2, 0) is 6.42 Å². The minimum Gasteiger partial charge on any atom is -0.310 e. The van der Waals surface area contributed by atoms with Crippen LogP contribution in [0.15, 0.2) is 34.8 Å². The Morgan fingerprint density at radius 1 is 1.37 bits per heavy atom. The molecule has 0 aliphatic heterocycles. The standard InChI is InChI=1S/C14H14BrClFNS/c1-2-18-12(8-9-6-7-13(16)19-9)14-10(15)4-3-5-11(14)17/h3-7,12,18H,2,8H2,1H3. The van der Waals surface area contributed by atoms with E-state index in [0.29, 0.717) is 5.56 Å². The molecule has 1 aromatic carbocycles. The Morgan fingerprint density at radius 2 is 2.16 bits per heavy atom. The molecule has 0 saturated carbocycles. The fourth-order valence-electron chi connectivity index (χ4n) is 2.03. The van der Waals surface area contributed by atoms with E-state index in [2.05, 4.69) is 21.2 Å². The molecule has 2 aromatic rings. The largest absolute Gasteiger partial charge is 0.310 e. The first kappa shape index (κ1) is 15.0. The molecule has 0 aliphatic carbocycles. The third-order valence-corrected chi connectivity index (χ3v) is 4.78. The second kappa shape index (κ2) is 6.84. The summed E-state index contributed by atoms with van der Waals surface area (Å²) in [5.41, 5.74) is 0.675. The number of nitrogens with one attached hydrogen (secondary N) is 1. The van der Waals surface area contributed by atoms with E-state index in [9.17, 15) is 4.39 Å². The number of rotatable bonds is 5. The van der Waals surface area contributed by atoms with Crippen LogP contribution < -0.4 is 5.32 Å². The summed E-state index contributed by atoms with van der Waals surface area (Å²) in [5.74, 6) is -0.192. The summed E-state index contributed by atoms with van der Waals surface area (Å²) in [4.78, 5) is 1.14. The summed E-state index contributed by atoms with van der Waals surface area (Å²) in [5, 5.41) is 3.33. The predicted octanol–water partition coefficient (Wildman–Crippen LogP) is 5.20. The molecule has 0 fully saturated rings. The maximum Gasteiger partial charge on any atom is 0.129 e. The molecule has 0 saturated heterocycles. The van der Waals surface area contributed by atoms with Crippen LogP contribution in [0.2, 0.25) is 4.34 Å². The van der Waals surface area contributed by atoms with E-state index in [-0.39, 0.29) is 11.9 Å². The molecule has 0 amide bonds. The second-order valence-electron chi connectivity index (χ2n) is 4.16. The van der Waals surface area contributed by atoms with Gasteiger partial charge in [0.15, 0.2) is 0 Å². The lowest BCUT2D eigenvalue weighted by atomic mass is 10.0. The van der Waals surface area contributed by atoms with Crippen LogP contribution in [0.1, 0.15) is 23.4 Å². The highest BCUT2D eigenvalue weighted by atomic mass is 79.9. The zero-order valence-electron chi connectivity index (χ0n) is 10.4. The van der Waals surface area contributed by atoms with Crippen molar-refractivity contribution in [3.63, 3.8) is 0 Å². The number of thiophene rings is 1. The molecule has 5 heteroatoms. The van der Waals surface area contributed by atoms with Crippen molar-refractivity contribution in [1.29, 1.82) is 0 Å². The average molecular weight is 363 g/mol. The fraction of sp³-hybridized carbons (Fsp3) is 0.286. The number of likely N-dealkylation sites (N-methyl/N-ethyl adjacent to an activating group) is 1. The first-order chi connectivity index (χ1) is 9.11. The molecule has 0 bridgehead atoms. The summed E-state index contributed by atoms with van der Waals surface area (Å²) < 4.78 is 15.6. The molecule has 19 heavy (non-hydrogen) atoms. The Labute approximate surface area is 129 Å². The van der Waals surface area contributed by atoms with Gasteiger partial charge in [0.1, 0.15) is 5.82 Å². The Kier molecular flexibility index (Phi) is 5.39. The summed E-state index contributed by atoms with van der Waals surface area (Å²) in [6.45, 7) is 2.80. The van der Waals surface area contributed by atoms with E-state index < -0.39 is 0 Å². The number of benzene rings is 1. The quantitative estimate of drug-likeness (QED) is 0.771. The van der Waals surface area contributed by atoms with Gasteiger partial charge in [-0.05, 0) is 30.8 Å². The maximum atomic E-state index is 14.0. The van der Waals surface area contributed by atoms with Crippen molar-refractivity contribution in [2.75, 3.05) is 6.54 Å². The SMILES string of the molecule is CCNC(Cc1ccc(Cl)s1)c1c(F)cccc1Br. The van der Waals surface area contributed by atoms with Crippen LogP contribution in [0, 0.1) is 5.82 Å². The Bertz CT molecular complexity index is 538. The van der Waals surface area contributed by atoms with Crippen LogP contribution in [0.4, 0.5) is 4.39 Å². The monoisotopic (exact) mass is 361 g/mol. The van der Waals surface area contributed by atoms with Crippen LogP contribution in [-0.4, -0.2) is 6.54 Å². The minimum atomic E-state index is -0.192. The Morgan fingerprint density at radius 3 is 2.74 bits per heavy atom. The van der Waals surface area contributed by atoms with Gasteiger partial charge < -0.3 is 5.32 Å². The van der Waals surface area contributed by atoms with Crippen molar-refractivity contribution >= 4 is 38.9 Å². The Balaban J connectivity index is 2.29. The van der Waals surface area contributed by atoms with Crippen LogP contribution in [0.3, 0.4) is 0 Å². The van der Waals surface area contributed by atoms with Gasteiger partial charge in [-0.15, -0.1) is 11.3 Å². The number of hydrogen-bond acceptors (Lipinski definition) is 2. The summed E-state index contributed by atoms with van der Waals surface area (Å²) >= 11 is 10.9. The van der Waals surface area contributed by atoms with Crippen LogP contribution in [0.25, 0.3) is 0 Å². The molecular formula is C14H14BrClFNS. The molecule has 102 valence electrons. The highest BCUT2D eigenvalue weighted by molar-refractivity contribution is 9.10. The smallest absolute Gasteiger partial charge is 0.129 e. The Hall–Kier alpha value is -0.420. The van der Waals surface area contributed by atoms with Gasteiger partial charge in [0.2, 0.25) is 0 Å². The van der Waals surface area contributed by atoms with E-state index in [4.69, 9.17) is 11.6 Å². The van der Waals surface area contributed by atoms with E-state index in [1.165, 1.54) is 17.4 Å². The molecule has 2 rings (SSSR count). The van der Waals surface area contributed by atoms with Gasteiger partial charge in [0.25, 0.3) is 0 Å². The zero-order chi connectivity index (χ0) is 13.8. The topological polar surface area (TPSA) is 12.0 Å². The maximum absolute atomic E-state index is 14.0. The molecule has 1 unspecified atom stereocenters. The van der Waals surface area contributed by atoms with Gasteiger partial charge in [-0.25, -0.2) is 4.39 Å². The minimum absolute atomic E-state index is 0.0599. The van der Waals surface area contributed by atoms with Gasteiger partial charge >= 0.3 is 0 Å². The van der Waals surface area contributed by atoms with Crippen molar-refractivity contribution in [1.82, 2.24) is 5.32 Å². The lowest BCUT2D eigenvalue weighted by molar-refractivity contribution is 0.510. The number of hydrogen-bond donors (Lipinski definition) is 1. The zero-order valence-corrected chi connectivity index (χ0v) is 13.6. The molecule has 0 spiro atoms. The van der Waals surface area contributed by atoms with Crippen LogP contribution >= 0.6 is 38.9 Å². The highest BCUT2D eigenvalue weighted by Gasteiger charge is 2.19. The normalized spacial score (nSPS) is 12.6. The average Bonchev–Trinajstić information content (AvgIpc) is 2.75. The highest BCUT2D eigenvalue weighted by Crippen LogP contribution is 2.31.